The van der Waals surface area contributed by atoms with Gasteiger partial charge < -0.3 is 14.8 Å². The van der Waals surface area contributed by atoms with Gasteiger partial charge in [-0.15, -0.1) is 0 Å². The van der Waals surface area contributed by atoms with E-state index >= 15 is 0 Å². The molecule has 142 valence electrons. The van der Waals surface area contributed by atoms with Crippen LogP contribution >= 0.6 is 0 Å². The first kappa shape index (κ1) is 18.9. The number of hydrogen-bond donors (Lipinski definition) is 1. The van der Waals surface area contributed by atoms with Crippen LogP contribution in [-0.4, -0.2) is 42.5 Å². The lowest BCUT2D eigenvalue weighted by molar-refractivity contribution is -0.148. The third-order valence-corrected chi connectivity index (χ3v) is 4.37. The van der Waals surface area contributed by atoms with Gasteiger partial charge in [-0.3, -0.25) is 14.5 Å². The zero-order valence-corrected chi connectivity index (χ0v) is 15.4. The average molecular weight is 368 g/mol. The highest BCUT2D eigenvalue weighted by Crippen LogP contribution is 2.23. The van der Waals surface area contributed by atoms with Gasteiger partial charge in [-0.05, 0) is 36.8 Å². The lowest BCUT2D eigenvalue weighted by Crippen LogP contribution is -2.55. The first-order valence-electron chi connectivity index (χ1n) is 9.15. The molecule has 0 aliphatic carbocycles. The molecular formula is C21H24N2O4. The fourth-order valence-corrected chi connectivity index (χ4v) is 3.12. The van der Waals surface area contributed by atoms with Gasteiger partial charge in [0.25, 0.3) is 0 Å². The van der Waals surface area contributed by atoms with Crippen molar-refractivity contribution in [2.45, 2.75) is 25.9 Å². The minimum atomic E-state index is -0.517. The molecule has 0 spiro atoms. The second-order valence-electron chi connectivity index (χ2n) is 6.35. The molecule has 1 aliphatic rings. The normalized spacial score (nSPS) is 17.2. The summed E-state index contributed by atoms with van der Waals surface area (Å²) in [4.78, 5) is 26.1. The van der Waals surface area contributed by atoms with Gasteiger partial charge in [0.05, 0.1) is 13.0 Å². The first-order valence-corrected chi connectivity index (χ1v) is 9.15. The van der Waals surface area contributed by atoms with Crippen LogP contribution in [0.5, 0.6) is 11.5 Å². The van der Waals surface area contributed by atoms with E-state index in [-0.39, 0.29) is 18.3 Å². The number of rotatable bonds is 7. The molecule has 0 unspecified atom stereocenters. The van der Waals surface area contributed by atoms with Crippen LogP contribution < -0.4 is 10.1 Å². The van der Waals surface area contributed by atoms with Crippen LogP contribution in [0.15, 0.2) is 54.6 Å². The van der Waals surface area contributed by atoms with E-state index in [4.69, 9.17) is 9.47 Å². The Morgan fingerprint density at radius 1 is 1.15 bits per heavy atom. The Hall–Kier alpha value is -2.86. The molecule has 6 heteroatoms. The van der Waals surface area contributed by atoms with Crippen LogP contribution in [0.25, 0.3) is 0 Å². The Bertz CT molecular complexity index is 779. The topological polar surface area (TPSA) is 67.9 Å². The molecule has 27 heavy (non-hydrogen) atoms. The molecule has 0 radical (unpaired) electrons. The van der Waals surface area contributed by atoms with Gasteiger partial charge in [-0.25, -0.2) is 0 Å². The van der Waals surface area contributed by atoms with Crippen LogP contribution in [0.2, 0.25) is 0 Å². The average Bonchev–Trinajstić information content (AvgIpc) is 2.66. The number of amides is 1. The fraction of sp³-hybridized carbons (Fsp3) is 0.333. The predicted molar refractivity (Wildman–Crippen MR) is 101 cm³/mol. The maximum atomic E-state index is 12.3. The van der Waals surface area contributed by atoms with Crippen molar-refractivity contribution in [3.05, 3.63) is 60.2 Å². The summed E-state index contributed by atoms with van der Waals surface area (Å²) in [5, 5.41) is 2.83. The van der Waals surface area contributed by atoms with Crippen LogP contribution in [0, 0.1) is 0 Å². The number of carbonyl (C=O) groups is 2. The second kappa shape index (κ2) is 9.19. The van der Waals surface area contributed by atoms with Gasteiger partial charge in [-0.2, -0.15) is 0 Å². The maximum absolute atomic E-state index is 12.3. The van der Waals surface area contributed by atoms with Crippen LogP contribution in [-0.2, 0) is 20.9 Å². The summed E-state index contributed by atoms with van der Waals surface area (Å²) >= 11 is 0. The molecule has 3 rings (SSSR count). The first-order chi connectivity index (χ1) is 13.2. The number of benzene rings is 2. The van der Waals surface area contributed by atoms with E-state index in [2.05, 4.69) is 5.32 Å². The highest BCUT2D eigenvalue weighted by atomic mass is 16.5. The van der Waals surface area contributed by atoms with Crippen molar-refractivity contribution in [3.8, 4) is 11.5 Å². The van der Waals surface area contributed by atoms with Gasteiger partial charge in [0.2, 0.25) is 5.91 Å². The molecular weight excluding hydrogens is 344 g/mol. The third-order valence-electron chi connectivity index (χ3n) is 4.37. The predicted octanol–water partition coefficient (Wildman–Crippen LogP) is 2.73. The number of nitrogens with one attached hydrogen (secondary N) is 1. The number of esters is 1. The van der Waals surface area contributed by atoms with Gasteiger partial charge in [-0.1, -0.05) is 30.3 Å². The molecule has 1 atom stereocenters. The quantitative estimate of drug-likeness (QED) is 0.761. The number of para-hydroxylation sites is 1. The van der Waals surface area contributed by atoms with Crippen LogP contribution in [0.4, 0.5) is 0 Å². The van der Waals surface area contributed by atoms with Crippen molar-refractivity contribution >= 4 is 11.9 Å². The summed E-state index contributed by atoms with van der Waals surface area (Å²) in [6.45, 7) is 3.88. The molecule has 1 aliphatic heterocycles. The summed E-state index contributed by atoms with van der Waals surface area (Å²) in [5.74, 6) is 1.02. The third kappa shape index (κ3) is 5.31. The number of carbonyl (C=O) groups excluding carboxylic acids is 2. The van der Waals surface area contributed by atoms with E-state index < -0.39 is 6.04 Å². The summed E-state index contributed by atoms with van der Waals surface area (Å²) < 4.78 is 10.9. The molecule has 2 aromatic carbocycles. The van der Waals surface area contributed by atoms with Crippen molar-refractivity contribution in [2.75, 3.05) is 19.7 Å². The fourth-order valence-electron chi connectivity index (χ4n) is 3.12. The minimum absolute atomic E-state index is 0.0554. The van der Waals surface area contributed by atoms with Gasteiger partial charge in [0, 0.05) is 19.6 Å². The Morgan fingerprint density at radius 3 is 2.70 bits per heavy atom. The Labute approximate surface area is 159 Å². The number of piperazine rings is 1. The molecule has 1 saturated heterocycles. The van der Waals surface area contributed by atoms with E-state index in [1.807, 2.05) is 59.5 Å². The molecule has 0 bridgehead atoms. The minimum Gasteiger partial charge on any atom is -0.466 e. The zero-order chi connectivity index (χ0) is 19.1. The molecule has 2 aromatic rings. The van der Waals surface area contributed by atoms with E-state index in [0.29, 0.717) is 26.2 Å². The Morgan fingerprint density at radius 2 is 1.93 bits per heavy atom. The van der Waals surface area contributed by atoms with Crippen molar-refractivity contribution in [3.63, 3.8) is 0 Å². The maximum Gasteiger partial charge on any atom is 0.307 e. The standard InChI is InChI=1S/C21H24N2O4/c1-2-26-20(24)14-19-21(25)22-11-12-23(19)15-16-7-6-10-18(13-16)27-17-8-4-3-5-9-17/h3-10,13,19H,2,11-12,14-15H2,1H3,(H,22,25)/t19-/m1/s1. The molecule has 1 fully saturated rings. The Balaban J connectivity index is 1.69. The summed E-state index contributed by atoms with van der Waals surface area (Å²) in [5.41, 5.74) is 1.02. The van der Waals surface area contributed by atoms with Crippen molar-refractivity contribution in [1.29, 1.82) is 0 Å². The van der Waals surface area contributed by atoms with Gasteiger partial charge in [0.1, 0.15) is 17.5 Å². The molecule has 0 saturated carbocycles. The number of hydrogen-bond acceptors (Lipinski definition) is 5. The SMILES string of the molecule is CCOC(=O)C[C@@H]1C(=O)NCCN1Cc1cccc(Oc2ccccc2)c1. The lowest BCUT2D eigenvalue weighted by atomic mass is 10.1. The highest BCUT2D eigenvalue weighted by molar-refractivity contribution is 5.87. The van der Waals surface area contributed by atoms with Gasteiger partial charge in [0.15, 0.2) is 0 Å². The second-order valence-corrected chi connectivity index (χ2v) is 6.35. The summed E-state index contributed by atoms with van der Waals surface area (Å²) in [7, 11) is 0. The number of ether oxygens (including phenoxy) is 2. The number of nitrogens with zero attached hydrogens (tertiary/aromatic N) is 1. The van der Waals surface area contributed by atoms with Crippen LogP contribution in [0.3, 0.4) is 0 Å². The summed E-state index contributed by atoms with van der Waals surface area (Å²) in [6.07, 6.45) is 0.0554. The zero-order valence-electron chi connectivity index (χ0n) is 15.4. The van der Waals surface area contributed by atoms with E-state index in [1.165, 1.54) is 0 Å². The molecule has 1 heterocycles. The van der Waals surface area contributed by atoms with Gasteiger partial charge >= 0.3 is 5.97 Å². The van der Waals surface area contributed by atoms with E-state index in [9.17, 15) is 9.59 Å². The van der Waals surface area contributed by atoms with E-state index in [1.54, 1.807) is 6.92 Å². The Kier molecular flexibility index (Phi) is 6.44. The lowest BCUT2D eigenvalue weighted by Gasteiger charge is -2.34. The molecule has 1 amide bonds. The van der Waals surface area contributed by atoms with E-state index in [0.717, 1.165) is 17.1 Å². The van der Waals surface area contributed by atoms with Crippen molar-refractivity contribution in [2.24, 2.45) is 0 Å². The van der Waals surface area contributed by atoms with Crippen molar-refractivity contribution < 1.29 is 19.1 Å². The highest BCUT2D eigenvalue weighted by Gasteiger charge is 2.32. The largest absolute Gasteiger partial charge is 0.466 e. The van der Waals surface area contributed by atoms with Crippen molar-refractivity contribution in [1.82, 2.24) is 10.2 Å². The smallest absolute Gasteiger partial charge is 0.307 e. The molecule has 6 nitrogen and oxygen atoms in total. The molecule has 0 aromatic heterocycles. The summed E-state index contributed by atoms with van der Waals surface area (Å²) in [6, 6.07) is 16.8. The monoisotopic (exact) mass is 368 g/mol. The van der Waals surface area contributed by atoms with Crippen LogP contribution in [0.1, 0.15) is 18.9 Å². The molecule has 1 N–H and O–H groups in total.